The van der Waals surface area contributed by atoms with Crippen molar-refractivity contribution in [2.24, 2.45) is 4.99 Å². The minimum absolute atomic E-state index is 0.795. The van der Waals surface area contributed by atoms with Gasteiger partial charge in [0.15, 0.2) is 5.96 Å². The van der Waals surface area contributed by atoms with Gasteiger partial charge in [0.1, 0.15) is 11.6 Å². The molecule has 0 radical (unpaired) electrons. The average molecular weight is 397 g/mol. The highest BCUT2D eigenvalue weighted by atomic mass is 15.3. The third-order valence-corrected chi connectivity index (χ3v) is 5.55. The number of guanidine groups is 1. The summed E-state index contributed by atoms with van der Waals surface area (Å²) in [7, 11) is 2.10. The molecule has 0 unspecified atom stereocenters. The number of aliphatic imine (C=N–C) groups is 1. The lowest BCUT2D eigenvalue weighted by atomic mass is 10.1. The molecule has 0 bridgehead atoms. The van der Waals surface area contributed by atoms with Crippen LogP contribution in [0.15, 0.2) is 29.3 Å². The Labute approximate surface area is 175 Å². The monoisotopic (exact) mass is 396 g/mol. The first-order chi connectivity index (χ1) is 14.2. The summed E-state index contributed by atoms with van der Waals surface area (Å²) in [5.41, 5.74) is 2.69. The molecule has 0 amide bonds. The largest absolute Gasteiger partial charge is 0.357 e. The second-order valence-electron chi connectivity index (χ2n) is 7.86. The van der Waals surface area contributed by atoms with Crippen molar-refractivity contribution in [1.29, 1.82) is 0 Å². The molecule has 6 nitrogen and oxygen atoms in total. The SMILES string of the molecule is CCNC(=NCCCc1nnc2n1CCCCC2)N(C)Cc1ccc(CC)cc1. The second-order valence-corrected chi connectivity index (χ2v) is 7.86. The summed E-state index contributed by atoms with van der Waals surface area (Å²) in [6.07, 6.45) is 7.86. The lowest BCUT2D eigenvalue weighted by Crippen LogP contribution is -2.38. The Kier molecular flexibility index (Phi) is 8.08. The normalized spacial score (nSPS) is 14.4. The van der Waals surface area contributed by atoms with Gasteiger partial charge in [-0.25, -0.2) is 0 Å². The molecule has 3 rings (SSSR count). The fourth-order valence-electron chi connectivity index (χ4n) is 3.85. The highest BCUT2D eigenvalue weighted by molar-refractivity contribution is 5.79. The van der Waals surface area contributed by atoms with Gasteiger partial charge in [-0.15, -0.1) is 10.2 Å². The molecular formula is C23H36N6. The Bertz CT molecular complexity index is 777. The van der Waals surface area contributed by atoms with E-state index >= 15 is 0 Å². The Morgan fingerprint density at radius 2 is 1.90 bits per heavy atom. The lowest BCUT2D eigenvalue weighted by molar-refractivity contribution is 0.476. The highest BCUT2D eigenvalue weighted by Gasteiger charge is 2.14. The standard InChI is InChI=1S/C23H36N6/c1-4-19-12-14-20(15-13-19)18-28(3)23(24-5-2)25-16-9-11-22-27-26-21-10-7-6-8-17-29(21)22/h12-15H,4-11,16-18H2,1-3H3,(H,24,25). The first kappa shape index (κ1) is 21.3. The summed E-state index contributed by atoms with van der Waals surface area (Å²) in [5.74, 6) is 3.27. The van der Waals surface area contributed by atoms with E-state index in [1.165, 1.54) is 36.2 Å². The van der Waals surface area contributed by atoms with E-state index in [-0.39, 0.29) is 0 Å². The zero-order valence-corrected chi connectivity index (χ0v) is 18.3. The number of fused-ring (bicyclic) bond motifs is 1. The van der Waals surface area contributed by atoms with Crippen molar-refractivity contribution in [3.05, 3.63) is 47.0 Å². The molecular weight excluding hydrogens is 360 g/mol. The third kappa shape index (κ3) is 6.05. The zero-order valence-electron chi connectivity index (χ0n) is 18.3. The van der Waals surface area contributed by atoms with Crippen LogP contribution in [0, 0.1) is 0 Å². The first-order valence-corrected chi connectivity index (χ1v) is 11.2. The lowest BCUT2D eigenvalue weighted by Gasteiger charge is -2.22. The number of benzene rings is 1. The summed E-state index contributed by atoms with van der Waals surface area (Å²) in [6.45, 7) is 7.90. The number of aryl methyl sites for hydroxylation is 3. The molecule has 158 valence electrons. The average Bonchev–Trinajstić information content (AvgIpc) is 2.96. The summed E-state index contributed by atoms with van der Waals surface area (Å²) in [6, 6.07) is 8.87. The van der Waals surface area contributed by atoms with Gasteiger partial charge in [0, 0.05) is 46.1 Å². The Morgan fingerprint density at radius 3 is 2.66 bits per heavy atom. The number of aromatic nitrogens is 3. The molecule has 0 atom stereocenters. The van der Waals surface area contributed by atoms with E-state index in [1.807, 2.05) is 0 Å². The van der Waals surface area contributed by atoms with E-state index in [2.05, 4.69) is 70.1 Å². The van der Waals surface area contributed by atoms with Crippen LogP contribution in [0.5, 0.6) is 0 Å². The van der Waals surface area contributed by atoms with Crippen LogP contribution in [-0.4, -0.2) is 45.8 Å². The highest BCUT2D eigenvalue weighted by Crippen LogP contribution is 2.15. The molecule has 0 saturated carbocycles. The van der Waals surface area contributed by atoms with Crippen LogP contribution in [-0.2, 0) is 32.4 Å². The quantitative estimate of drug-likeness (QED) is 0.421. The van der Waals surface area contributed by atoms with Crippen LogP contribution in [0.3, 0.4) is 0 Å². The summed E-state index contributed by atoms with van der Waals surface area (Å²) < 4.78 is 2.34. The van der Waals surface area contributed by atoms with Crippen molar-refractivity contribution in [2.45, 2.75) is 71.9 Å². The van der Waals surface area contributed by atoms with E-state index < -0.39 is 0 Å². The molecule has 0 aliphatic carbocycles. The molecule has 2 heterocycles. The molecule has 1 aliphatic rings. The smallest absolute Gasteiger partial charge is 0.193 e. The third-order valence-electron chi connectivity index (χ3n) is 5.55. The zero-order chi connectivity index (χ0) is 20.5. The maximum Gasteiger partial charge on any atom is 0.193 e. The Hall–Kier alpha value is -2.37. The van der Waals surface area contributed by atoms with Crippen molar-refractivity contribution in [3.8, 4) is 0 Å². The Balaban J connectivity index is 1.54. The number of nitrogens with one attached hydrogen (secondary N) is 1. The maximum atomic E-state index is 4.85. The predicted octanol–water partition coefficient (Wildman–Crippen LogP) is 3.60. The summed E-state index contributed by atoms with van der Waals surface area (Å²) >= 11 is 0. The molecule has 1 aliphatic heterocycles. The molecule has 29 heavy (non-hydrogen) atoms. The number of hydrogen-bond donors (Lipinski definition) is 1. The fraction of sp³-hybridized carbons (Fsp3) is 0.609. The van der Waals surface area contributed by atoms with Crippen molar-refractivity contribution in [3.63, 3.8) is 0 Å². The Morgan fingerprint density at radius 1 is 1.10 bits per heavy atom. The van der Waals surface area contributed by atoms with E-state index in [0.29, 0.717) is 0 Å². The van der Waals surface area contributed by atoms with Gasteiger partial charge >= 0.3 is 0 Å². The van der Waals surface area contributed by atoms with Gasteiger partial charge in [0.05, 0.1) is 0 Å². The topological polar surface area (TPSA) is 58.3 Å². The van der Waals surface area contributed by atoms with Crippen LogP contribution in [0.25, 0.3) is 0 Å². The number of nitrogens with zero attached hydrogens (tertiary/aromatic N) is 5. The number of rotatable bonds is 8. The maximum absolute atomic E-state index is 4.85. The van der Waals surface area contributed by atoms with Crippen LogP contribution in [0.4, 0.5) is 0 Å². The van der Waals surface area contributed by atoms with Gasteiger partial charge in [-0.2, -0.15) is 0 Å². The van der Waals surface area contributed by atoms with E-state index in [1.54, 1.807) is 0 Å². The minimum Gasteiger partial charge on any atom is -0.357 e. The van der Waals surface area contributed by atoms with Crippen molar-refractivity contribution < 1.29 is 0 Å². The van der Waals surface area contributed by atoms with Gasteiger partial charge in [-0.1, -0.05) is 37.6 Å². The van der Waals surface area contributed by atoms with Crippen LogP contribution in [0.1, 0.15) is 62.3 Å². The molecule has 1 N–H and O–H groups in total. The van der Waals surface area contributed by atoms with Crippen LogP contribution in [0.2, 0.25) is 0 Å². The molecule has 0 spiro atoms. The molecule has 0 fully saturated rings. The fourth-order valence-corrected chi connectivity index (χ4v) is 3.85. The second kappa shape index (κ2) is 11.0. The van der Waals surface area contributed by atoms with Crippen LogP contribution < -0.4 is 5.32 Å². The summed E-state index contributed by atoms with van der Waals surface area (Å²) in [4.78, 5) is 7.05. The van der Waals surface area contributed by atoms with E-state index in [9.17, 15) is 0 Å². The molecule has 1 aromatic heterocycles. The molecule has 1 aromatic carbocycles. The molecule has 0 saturated heterocycles. The van der Waals surface area contributed by atoms with E-state index in [0.717, 1.165) is 63.6 Å². The minimum atomic E-state index is 0.795. The molecule has 6 heteroatoms. The van der Waals surface area contributed by atoms with Crippen molar-refractivity contribution in [1.82, 2.24) is 25.0 Å². The molecule has 2 aromatic rings. The van der Waals surface area contributed by atoms with Gasteiger partial charge in [-0.05, 0) is 43.7 Å². The van der Waals surface area contributed by atoms with Gasteiger partial charge in [-0.3, -0.25) is 4.99 Å². The van der Waals surface area contributed by atoms with Gasteiger partial charge in [0.2, 0.25) is 0 Å². The summed E-state index contributed by atoms with van der Waals surface area (Å²) in [5, 5.41) is 12.3. The first-order valence-electron chi connectivity index (χ1n) is 11.2. The number of hydrogen-bond acceptors (Lipinski definition) is 3. The van der Waals surface area contributed by atoms with E-state index in [4.69, 9.17) is 4.99 Å². The van der Waals surface area contributed by atoms with Crippen LogP contribution >= 0.6 is 0 Å². The van der Waals surface area contributed by atoms with Gasteiger partial charge in [0.25, 0.3) is 0 Å². The van der Waals surface area contributed by atoms with Crippen molar-refractivity contribution >= 4 is 5.96 Å². The van der Waals surface area contributed by atoms with Gasteiger partial charge < -0.3 is 14.8 Å². The predicted molar refractivity (Wildman–Crippen MR) is 119 cm³/mol. The van der Waals surface area contributed by atoms with Crippen molar-refractivity contribution in [2.75, 3.05) is 20.1 Å².